The molecule has 1 aliphatic carbocycles. The first-order valence-corrected chi connectivity index (χ1v) is 4.65. The summed E-state index contributed by atoms with van der Waals surface area (Å²) in [6, 6.07) is 0. The van der Waals surface area contributed by atoms with E-state index in [-0.39, 0.29) is 17.1 Å². The van der Waals surface area contributed by atoms with Gasteiger partial charge in [0, 0.05) is 17.3 Å². The van der Waals surface area contributed by atoms with Crippen LogP contribution in [0.15, 0.2) is 0 Å². The van der Waals surface area contributed by atoms with Gasteiger partial charge in [-0.2, -0.15) is 0 Å². The van der Waals surface area contributed by atoms with E-state index < -0.39 is 12.3 Å². The van der Waals surface area contributed by atoms with Gasteiger partial charge in [-0.3, -0.25) is 4.79 Å². The van der Waals surface area contributed by atoms with E-state index in [1.54, 1.807) is 0 Å². The molecule has 0 N–H and O–H groups in total. The highest BCUT2D eigenvalue weighted by Crippen LogP contribution is 2.41. The molecule has 1 fully saturated rings. The quantitative estimate of drug-likeness (QED) is 0.654. The Balaban J connectivity index is 2.40. The monoisotopic (exact) mass is 190 g/mol. The van der Waals surface area contributed by atoms with Gasteiger partial charge in [0.25, 0.3) is 0 Å². The van der Waals surface area contributed by atoms with Gasteiger partial charge >= 0.3 is 0 Å². The third-order valence-electron chi connectivity index (χ3n) is 2.64. The first-order valence-electron chi connectivity index (χ1n) is 4.65. The van der Waals surface area contributed by atoms with Crippen LogP contribution in [0.4, 0.5) is 8.78 Å². The van der Waals surface area contributed by atoms with E-state index in [9.17, 15) is 13.6 Å². The zero-order valence-corrected chi connectivity index (χ0v) is 8.31. The van der Waals surface area contributed by atoms with Crippen molar-refractivity contribution in [3.8, 4) is 0 Å². The van der Waals surface area contributed by atoms with E-state index in [0.29, 0.717) is 12.8 Å². The summed E-state index contributed by atoms with van der Waals surface area (Å²) in [4.78, 5) is 11.6. The van der Waals surface area contributed by atoms with Crippen LogP contribution in [0.1, 0.15) is 33.6 Å². The van der Waals surface area contributed by atoms with Crippen LogP contribution >= 0.6 is 0 Å². The summed E-state index contributed by atoms with van der Waals surface area (Å²) in [6.07, 6.45) is -1.48. The van der Waals surface area contributed by atoms with E-state index in [2.05, 4.69) is 0 Å². The van der Waals surface area contributed by atoms with Crippen molar-refractivity contribution < 1.29 is 13.6 Å². The molecular weight excluding hydrogens is 174 g/mol. The van der Waals surface area contributed by atoms with Crippen molar-refractivity contribution in [1.82, 2.24) is 0 Å². The molecule has 0 aromatic rings. The minimum Gasteiger partial charge on any atom is -0.299 e. The fourth-order valence-corrected chi connectivity index (χ4v) is 1.69. The van der Waals surface area contributed by atoms with Crippen molar-refractivity contribution in [2.75, 3.05) is 0 Å². The Morgan fingerprint density at radius 2 is 1.77 bits per heavy atom. The first-order chi connectivity index (χ1) is 5.82. The number of hydrogen-bond acceptors (Lipinski definition) is 1. The third kappa shape index (κ3) is 2.26. The second-order valence-corrected chi connectivity index (χ2v) is 4.88. The van der Waals surface area contributed by atoms with Gasteiger partial charge < -0.3 is 0 Å². The van der Waals surface area contributed by atoms with Gasteiger partial charge in [0.1, 0.15) is 5.78 Å². The fourth-order valence-electron chi connectivity index (χ4n) is 1.69. The SMILES string of the molecule is CC(C)(C)C(=O)C1CC(C(F)F)C1. The maximum atomic E-state index is 12.1. The number of alkyl halides is 2. The minimum absolute atomic E-state index is 0.112. The number of carbonyl (C=O) groups is 1. The Labute approximate surface area is 77.5 Å². The Morgan fingerprint density at radius 1 is 1.31 bits per heavy atom. The zero-order chi connectivity index (χ0) is 10.2. The molecule has 1 nitrogen and oxygen atoms in total. The van der Waals surface area contributed by atoms with Crippen molar-refractivity contribution in [1.29, 1.82) is 0 Å². The summed E-state index contributed by atoms with van der Waals surface area (Å²) in [5.41, 5.74) is -0.377. The van der Waals surface area contributed by atoms with Crippen molar-refractivity contribution >= 4 is 5.78 Å². The molecule has 0 amide bonds. The van der Waals surface area contributed by atoms with Gasteiger partial charge in [-0.05, 0) is 12.8 Å². The van der Waals surface area contributed by atoms with Crippen LogP contribution in [0.3, 0.4) is 0 Å². The molecular formula is C10H16F2O. The van der Waals surface area contributed by atoms with Crippen molar-refractivity contribution in [3.63, 3.8) is 0 Å². The topological polar surface area (TPSA) is 17.1 Å². The lowest BCUT2D eigenvalue weighted by molar-refractivity contribution is -0.137. The maximum Gasteiger partial charge on any atom is 0.241 e. The Hall–Kier alpha value is -0.470. The maximum absolute atomic E-state index is 12.1. The summed E-state index contributed by atoms with van der Waals surface area (Å²) >= 11 is 0. The average Bonchev–Trinajstić information content (AvgIpc) is 1.80. The molecule has 0 heterocycles. The van der Waals surface area contributed by atoms with Crippen molar-refractivity contribution in [2.45, 2.75) is 40.0 Å². The van der Waals surface area contributed by atoms with Crippen LogP contribution in [0.25, 0.3) is 0 Å². The fraction of sp³-hybridized carbons (Fsp3) is 0.900. The predicted octanol–water partition coefficient (Wildman–Crippen LogP) is 2.89. The molecule has 1 saturated carbocycles. The zero-order valence-electron chi connectivity index (χ0n) is 8.31. The van der Waals surface area contributed by atoms with E-state index in [1.807, 2.05) is 20.8 Å². The lowest BCUT2D eigenvalue weighted by Crippen LogP contribution is -2.39. The highest BCUT2D eigenvalue weighted by Gasteiger charge is 2.42. The van der Waals surface area contributed by atoms with Crippen LogP contribution in [0, 0.1) is 17.3 Å². The van der Waals surface area contributed by atoms with Crippen LogP contribution in [-0.4, -0.2) is 12.2 Å². The lowest BCUT2D eigenvalue weighted by Gasteiger charge is -2.37. The minimum atomic E-state index is -2.25. The number of ketones is 1. The molecule has 0 unspecified atom stereocenters. The van der Waals surface area contributed by atoms with Gasteiger partial charge in [-0.25, -0.2) is 8.78 Å². The van der Waals surface area contributed by atoms with Gasteiger partial charge in [0.15, 0.2) is 0 Å². The molecule has 0 atom stereocenters. The largest absolute Gasteiger partial charge is 0.299 e. The molecule has 3 heteroatoms. The van der Waals surface area contributed by atoms with Gasteiger partial charge in [-0.15, -0.1) is 0 Å². The summed E-state index contributed by atoms with van der Waals surface area (Å²) in [5.74, 6) is -0.514. The van der Waals surface area contributed by atoms with E-state index in [1.165, 1.54) is 0 Å². The molecule has 76 valence electrons. The standard InChI is InChI=1S/C10H16F2O/c1-10(2,3)8(13)6-4-7(5-6)9(11)12/h6-7,9H,4-5H2,1-3H3. The van der Waals surface area contributed by atoms with Crippen LogP contribution in [0.2, 0.25) is 0 Å². The molecule has 13 heavy (non-hydrogen) atoms. The van der Waals surface area contributed by atoms with Gasteiger partial charge in [-0.1, -0.05) is 20.8 Å². The number of hydrogen-bond donors (Lipinski definition) is 0. The molecule has 1 aliphatic rings. The summed E-state index contributed by atoms with van der Waals surface area (Å²) < 4.78 is 24.2. The molecule has 0 saturated heterocycles. The molecule has 1 rings (SSSR count). The number of halogens is 2. The number of carbonyl (C=O) groups excluding carboxylic acids is 1. The number of Topliss-reactive ketones (excluding diaryl/α,β-unsaturated/α-hetero) is 1. The summed E-state index contributed by atoms with van der Waals surface area (Å²) in [7, 11) is 0. The molecule has 0 bridgehead atoms. The van der Waals surface area contributed by atoms with Crippen molar-refractivity contribution in [2.24, 2.45) is 17.3 Å². The molecule has 0 aliphatic heterocycles. The van der Waals surface area contributed by atoms with Crippen LogP contribution in [-0.2, 0) is 4.79 Å². The summed E-state index contributed by atoms with van der Waals surface area (Å²) in [6.45, 7) is 5.51. The van der Waals surface area contributed by atoms with Crippen LogP contribution in [0.5, 0.6) is 0 Å². The second-order valence-electron chi connectivity index (χ2n) is 4.88. The highest BCUT2D eigenvalue weighted by atomic mass is 19.3. The van der Waals surface area contributed by atoms with Crippen LogP contribution < -0.4 is 0 Å². The third-order valence-corrected chi connectivity index (χ3v) is 2.64. The Morgan fingerprint density at radius 3 is 2.08 bits per heavy atom. The Kier molecular flexibility index (Phi) is 2.74. The molecule has 0 aromatic heterocycles. The highest BCUT2D eigenvalue weighted by molar-refractivity contribution is 5.86. The average molecular weight is 190 g/mol. The van der Waals surface area contributed by atoms with Gasteiger partial charge in [0.2, 0.25) is 6.43 Å². The van der Waals surface area contributed by atoms with E-state index >= 15 is 0 Å². The first kappa shape index (κ1) is 10.6. The number of rotatable bonds is 2. The molecule has 0 spiro atoms. The van der Waals surface area contributed by atoms with E-state index in [4.69, 9.17) is 0 Å². The van der Waals surface area contributed by atoms with Gasteiger partial charge in [0.05, 0.1) is 0 Å². The normalized spacial score (nSPS) is 28.8. The van der Waals surface area contributed by atoms with Crippen molar-refractivity contribution in [3.05, 3.63) is 0 Å². The summed E-state index contributed by atoms with van der Waals surface area (Å²) in [5, 5.41) is 0. The molecule has 0 aromatic carbocycles. The predicted molar refractivity (Wildman–Crippen MR) is 46.7 cm³/mol. The Bertz CT molecular complexity index is 199. The smallest absolute Gasteiger partial charge is 0.241 e. The second kappa shape index (κ2) is 3.35. The lowest BCUT2D eigenvalue weighted by atomic mass is 9.67. The van der Waals surface area contributed by atoms with E-state index in [0.717, 1.165) is 0 Å². The molecule has 0 radical (unpaired) electrons.